The van der Waals surface area contributed by atoms with Crippen LogP contribution in [0.4, 0.5) is 0 Å². The molecule has 0 saturated carbocycles. The first-order chi connectivity index (χ1) is 10.7. The summed E-state index contributed by atoms with van der Waals surface area (Å²) in [7, 11) is 0. The van der Waals surface area contributed by atoms with Gasteiger partial charge in [-0.15, -0.1) is 0 Å². The molecule has 3 rings (SSSR count). The molecule has 0 N–H and O–H groups in total. The van der Waals surface area contributed by atoms with Crippen molar-refractivity contribution in [1.29, 1.82) is 0 Å². The highest BCUT2D eigenvalue weighted by Gasteiger charge is 2.57. The van der Waals surface area contributed by atoms with Gasteiger partial charge in [0, 0.05) is 18.4 Å². The molecule has 1 aromatic carbocycles. The van der Waals surface area contributed by atoms with E-state index in [1.54, 1.807) is 18.6 Å². The SMILES string of the molecule is CCOC(=O)C1C(c2cnccn2)N1C(C)c1ccccc1. The van der Waals surface area contributed by atoms with Crippen LogP contribution in [-0.4, -0.2) is 33.5 Å². The lowest BCUT2D eigenvalue weighted by Crippen LogP contribution is -2.18. The van der Waals surface area contributed by atoms with Crippen LogP contribution in [-0.2, 0) is 9.53 Å². The van der Waals surface area contributed by atoms with Crippen LogP contribution in [0.2, 0.25) is 0 Å². The molecule has 1 aliphatic heterocycles. The van der Waals surface area contributed by atoms with Gasteiger partial charge in [0.05, 0.1) is 24.5 Å². The minimum atomic E-state index is -0.285. The highest BCUT2D eigenvalue weighted by atomic mass is 16.5. The smallest absolute Gasteiger partial charge is 0.325 e. The van der Waals surface area contributed by atoms with Gasteiger partial charge >= 0.3 is 5.97 Å². The van der Waals surface area contributed by atoms with Crippen molar-refractivity contribution < 1.29 is 9.53 Å². The molecule has 0 bridgehead atoms. The standard InChI is InChI=1S/C17H19N3O2/c1-3-22-17(21)16-15(14-11-18-9-10-19-14)20(16)12(2)13-7-5-4-6-8-13/h4-12,15-16H,3H2,1-2H3. The topological polar surface area (TPSA) is 55.1 Å². The van der Waals surface area contributed by atoms with E-state index in [9.17, 15) is 4.79 Å². The van der Waals surface area contributed by atoms with Crippen LogP contribution >= 0.6 is 0 Å². The molecule has 114 valence electrons. The van der Waals surface area contributed by atoms with Crippen LogP contribution in [0.3, 0.4) is 0 Å². The molecule has 5 nitrogen and oxygen atoms in total. The summed E-state index contributed by atoms with van der Waals surface area (Å²) in [5.41, 5.74) is 1.98. The van der Waals surface area contributed by atoms with Crippen LogP contribution in [0.5, 0.6) is 0 Å². The summed E-state index contributed by atoms with van der Waals surface area (Å²) in [6.45, 7) is 4.30. The summed E-state index contributed by atoms with van der Waals surface area (Å²) in [6.07, 6.45) is 5.01. The number of nitrogens with zero attached hydrogens (tertiary/aromatic N) is 3. The first-order valence-corrected chi connectivity index (χ1v) is 7.49. The maximum absolute atomic E-state index is 12.2. The van der Waals surface area contributed by atoms with Crippen LogP contribution in [0, 0.1) is 0 Å². The third-order valence-corrected chi connectivity index (χ3v) is 4.00. The van der Waals surface area contributed by atoms with Gasteiger partial charge in [-0.05, 0) is 19.4 Å². The van der Waals surface area contributed by atoms with Crippen LogP contribution in [0.1, 0.15) is 37.2 Å². The van der Waals surface area contributed by atoms with Crippen molar-refractivity contribution in [1.82, 2.24) is 14.9 Å². The number of ether oxygens (including phenoxy) is 1. The first kappa shape index (κ1) is 14.7. The predicted octanol–water partition coefficient (Wildman–Crippen LogP) is 2.53. The molecular weight excluding hydrogens is 278 g/mol. The Hall–Kier alpha value is -2.27. The predicted molar refractivity (Wildman–Crippen MR) is 81.9 cm³/mol. The van der Waals surface area contributed by atoms with E-state index >= 15 is 0 Å². The summed E-state index contributed by atoms with van der Waals surface area (Å²) >= 11 is 0. The maximum atomic E-state index is 12.2. The van der Waals surface area contributed by atoms with Gasteiger partial charge < -0.3 is 4.74 Å². The first-order valence-electron chi connectivity index (χ1n) is 7.49. The number of hydrogen-bond acceptors (Lipinski definition) is 5. The van der Waals surface area contributed by atoms with Gasteiger partial charge in [-0.2, -0.15) is 0 Å². The summed E-state index contributed by atoms with van der Waals surface area (Å²) in [5, 5.41) is 0. The molecule has 0 spiro atoms. The van der Waals surface area contributed by atoms with Crippen LogP contribution < -0.4 is 0 Å². The molecule has 1 aromatic heterocycles. The fraction of sp³-hybridized carbons (Fsp3) is 0.353. The van der Waals surface area contributed by atoms with E-state index in [0.29, 0.717) is 6.61 Å². The summed E-state index contributed by atoms with van der Waals surface area (Å²) in [4.78, 5) is 22.8. The normalized spacial score (nSPS) is 24.5. The molecule has 1 aliphatic rings. The second-order valence-electron chi connectivity index (χ2n) is 5.31. The van der Waals surface area contributed by atoms with E-state index in [2.05, 4.69) is 33.9 Å². The Balaban J connectivity index is 1.86. The molecule has 0 radical (unpaired) electrons. The molecule has 2 aromatic rings. The van der Waals surface area contributed by atoms with Gasteiger partial charge in [0.15, 0.2) is 0 Å². The van der Waals surface area contributed by atoms with E-state index in [4.69, 9.17) is 4.74 Å². The zero-order valence-electron chi connectivity index (χ0n) is 12.7. The molecule has 4 atom stereocenters. The molecule has 2 heterocycles. The van der Waals surface area contributed by atoms with Crippen molar-refractivity contribution in [2.45, 2.75) is 32.0 Å². The third kappa shape index (κ3) is 2.72. The number of hydrogen-bond donors (Lipinski definition) is 0. The number of aromatic nitrogens is 2. The van der Waals surface area contributed by atoms with Crippen molar-refractivity contribution in [3.05, 3.63) is 60.2 Å². The fourth-order valence-electron chi connectivity index (χ4n) is 2.89. The van der Waals surface area contributed by atoms with E-state index in [-0.39, 0.29) is 24.1 Å². The number of carbonyl (C=O) groups is 1. The molecular formula is C17H19N3O2. The second kappa shape index (κ2) is 6.23. The van der Waals surface area contributed by atoms with Gasteiger partial charge in [0.25, 0.3) is 0 Å². The van der Waals surface area contributed by atoms with Gasteiger partial charge in [-0.25, -0.2) is 0 Å². The second-order valence-corrected chi connectivity index (χ2v) is 5.31. The Morgan fingerprint density at radius 2 is 2.09 bits per heavy atom. The zero-order chi connectivity index (χ0) is 15.5. The molecule has 5 heteroatoms. The van der Waals surface area contributed by atoms with E-state index in [1.165, 1.54) is 5.56 Å². The maximum Gasteiger partial charge on any atom is 0.325 e. The van der Waals surface area contributed by atoms with Crippen molar-refractivity contribution in [3.63, 3.8) is 0 Å². The van der Waals surface area contributed by atoms with E-state index in [0.717, 1.165) is 5.69 Å². The molecule has 0 amide bonds. The van der Waals surface area contributed by atoms with Gasteiger partial charge in [-0.1, -0.05) is 30.3 Å². The molecule has 22 heavy (non-hydrogen) atoms. The summed E-state index contributed by atoms with van der Waals surface area (Å²) in [5.74, 6) is -0.194. The Bertz CT molecular complexity index is 633. The van der Waals surface area contributed by atoms with Gasteiger partial charge in [-0.3, -0.25) is 19.7 Å². The Kier molecular flexibility index (Phi) is 4.15. The minimum absolute atomic E-state index is 0.0667. The number of benzene rings is 1. The Morgan fingerprint density at radius 1 is 1.32 bits per heavy atom. The number of esters is 1. The summed E-state index contributed by atoms with van der Waals surface area (Å²) in [6, 6.07) is 9.90. The Morgan fingerprint density at radius 3 is 2.73 bits per heavy atom. The summed E-state index contributed by atoms with van der Waals surface area (Å²) < 4.78 is 5.21. The minimum Gasteiger partial charge on any atom is -0.465 e. The lowest BCUT2D eigenvalue weighted by Gasteiger charge is -2.14. The molecule has 1 fully saturated rings. The number of carbonyl (C=O) groups excluding carboxylic acids is 1. The molecule has 4 unspecified atom stereocenters. The van der Waals surface area contributed by atoms with Crippen LogP contribution in [0.25, 0.3) is 0 Å². The lowest BCUT2D eigenvalue weighted by atomic mass is 10.1. The molecule has 1 saturated heterocycles. The molecule has 0 aliphatic carbocycles. The fourth-order valence-corrected chi connectivity index (χ4v) is 2.89. The van der Waals surface area contributed by atoms with Gasteiger partial charge in [0.1, 0.15) is 6.04 Å². The quantitative estimate of drug-likeness (QED) is 0.627. The Labute approximate surface area is 130 Å². The van der Waals surface area contributed by atoms with E-state index in [1.807, 2.05) is 25.1 Å². The van der Waals surface area contributed by atoms with Crippen molar-refractivity contribution in [3.8, 4) is 0 Å². The van der Waals surface area contributed by atoms with Gasteiger partial charge in [0.2, 0.25) is 0 Å². The lowest BCUT2D eigenvalue weighted by molar-refractivity contribution is -0.143. The van der Waals surface area contributed by atoms with Crippen molar-refractivity contribution >= 4 is 5.97 Å². The largest absolute Gasteiger partial charge is 0.465 e. The average molecular weight is 297 g/mol. The monoisotopic (exact) mass is 297 g/mol. The zero-order valence-corrected chi connectivity index (χ0v) is 12.7. The number of rotatable bonds is 5. The van der Waals surface area contributed by atoms with Crippen LogP contribution in [0.15, 0.2) is 48.9 Å². The van der Waals surface area contributed by atoms with Crippen molar-refractivity contribution in [2.75, 3.05) is 6.61 Å². The van der Waals surface area contributed by atoms with E-state index < -0.39 is 0 Å². The third-order valence-electron chi connectivity index (χ3n) is 4.00. The highest BCUT2D eigenvalue weighted by molar-refractivity contribution is 5.80. The van der Waals surface area contributed by atoms with Crippen molar-refractivity contribution in [2.24, 2.45) is 0 Å². The highest BCUT2D eigenvalue weighted by Crippen LogP contribution is 2.49. The average Bonchev–Trinajstić information content (AvgIpc) is 3.32.